The Labute approximate surface area is 418 Å². The van der Waals surface area contributed by atoms with Crippen molar-refractivity contribution in [3.05, 3.63) is 129 Å². The molecule has 2 fully saturated rings. The highest BCUT2D eigenvalue weighted by Gasteiger charge is 2.64. The molecule has 70 heavy (non-hydrogen) atoms. The van der Waals surface area contributed by atoms with Crippen molar-refractivity contribution in [2.75, 3.05) is 13.2 Å². The molecular weight excluding hydrogens is 928 g/mol. The molecule has 0 spiro atoms. The number of aromatic nitrogens is 1. The third kappa shape index (κ3) is 11.5. The first kappa shape index (κ1) is 51.5. The SMILES string of the molecule is Cc1ncsc1-c1ccc(CNC(=O)[C@@H]2C[C@@H](O)CN2C(=O)[C@@H](NC(=O)CO[C@@H](C)c2ccc(Oc3ccc(C(=O)N[C@H]4C(C)(C)[C@H](Oc5ccc(C#N)c(Cl)c5)C4(C)C)cc3)cc2)C(C)(C)C)cc1. The Morgan fingerprint density at radius 3 is 2.16 bits per heavy atom. The third-order valence-electron chi connectivity index (χ3n) is 13.3. The van der Waals surface area contributed by atoms with Gasteiger partial charge in [0.25, 0.3) is 5.91 Å². The molecule has 4 amide bonds. The van der Waals surface area contributed by atoms with Crippen molar-refractivity contribution in [1.82, 2.24) is 25.8 Å². The normalized spacial score (nSPS) is 20.0. The molecule has 1 aliphatic heterocycles. The number of carbonyl (C=O) groups is 4. The summed E-state index contributed by atoms with van der Waals surface area (Å²) in [4.78, 5) is 61.2. The highest BCUT2D eigenvalue weighted by molar-refractivity contribution is 7.13. The number of carbonyl (C=O) groups excluding carboxylic acids is 4. The summed E-state index contributed by atoms with van der Waals surface area (Å²) in [5, 5.41) is 29.2. The van der Waals surface area contributed by atoms with E-state index in [1.54, 1.807) is 65.9 Å². The van der Waals surface area contributed by atoms with Crippen LogP contribution in [0.25, 0.3) is 10.4 Å². The van der Waals surface area contributed by atoms with Crippen LogP contribution >= 0.6 is 22.9 Å². The molecular formula is C54H61ClN6O8S. The van der Waals surface area contributed by atoms with Gasteiger partial charge in [-0.05, 0) is 84.5 Å². The minimum Gasteiger partial charge on any atom is -0.489 e. The molecule has 1 saturated carbocycles. The number of nitrogens with zero attached hydrogens (tertiary/aromatic N) is 3. The number of amides is 4. The van der Waals surface area contributed by atoms with Crippen LogP contribution in [0.2, 0.25) is 5.02 Å². The number of thiazole rings is 1. The standard InChI is InChI=1S/C54H61ClN6O8S/c1-31-45(70-30-58-31)35-12-10-33(11-13-35)27-57-48(65)43-24-38(62)28-61(43)49(66)46(52(3,4)5)59-44(63)29-67-32(2)34-14-19-39(20-15-34)68-40-21-16-36(17-22-40)47(64)60-50-53(6,7)51(54(50,8)9)69-41-23-18-37(26-56)42(55)25-41/h10-23,25,30,32,38,43,46,50-51,62H,24,27-29H2,1-9H3,(H,57,65)(H,59,63)(H,60,64)/t32-,38+,43-,46+,50-,51-/m0/s1. The lowest BCUT2D eigenvalue weighted by Crippen LogP contribution is -2.74. The number of likely N-dealkylation sites (tertiary alicyclic amines) is 1. The second-order valence-electron chi connectivity index (χ2n) is 20.4. The maximum Gasteiger partial charge on any atom is 0.251 e. The molecule has 4 N–H and O–H groups in total. The van der Waals surface area contributed by atoms with Gasteiger partial charge in [0.15, 0.2) is 0 Å². The van der Waals surface area contributed by atoms with Crippen molar-refractivity contribution in [3.63, 3.8) is 0 Å². The monoisotopic (exact) mass is 988 g/mol. The van der Waals surface area contributed by atoms with Crippen LogP contribution in [0.1, 0.15) is 101 Å². The van der Waals surface area contributed by atoms with Crippen molar-refractivity contribution >= 4 is 46.6 Å². The summed E-state index contributed by atoms with van der Waals surface area (Å²) in [7, 11) is 0. The molecule has 5 aromatic rings. The first-order chi connectivity index (χ1) is 33.1. The van der Waals surface area contributed by atoms with Gasteiger partial charge < -0.3 is 40.2 Å². The molecule has 1 saturated heterocycles. The summed E-state index contributed by atoms with van der Waals surface area (Å²) in [6.07, 6.45) is -1.53. The number of nitriles is 1. The Kier molecular flexibility index (Phi) is 15.4. The van der Waals surface area contributed by atoms with Gasteiger partial charge in [-0.15, -0.1) is 11.3 Å². The van der Waals surface area contributed by atoms with E-state index in [9.17, 15) is 29.5 Å². The average Bonchev–Trinajstić information content (AvgIpc) is 3.94. The zero-order valence-electron chi connectivity index (χ0n) is 41.0. The van der Waals surface area contributed by atoms with Gasteiger partial charge in [-0.3, -0.25) is 19.2 Å². The first-order valence-corrected chi connectivity index (χ1v) is 24.5. The number of β-amino-alcohol motifs (C(OH)–C–C–N with tert-alkyl or cyclic N) is 1. The van der Waals surface area contributed by atoms with E-state index in [4.69, 9.17) is 25.8 Å². The van der Waals surface area contributed by atoms with Crippen LogP contribution in [-0.4, -0.2) is 82.1 Å². The molecule has 1 aromatic heterocycles. The van der Waals surface area contributed by atoms with Gasteiger partial charge >= 0.3 is 0 Å². The molecule has 1 aliphatic carbocycles. The second-order valence-corrected chi connectivity index (χ2v) is 21.7. The maximum absolute atomic E-state index is 14.1. The van der Waals surface area contributed by atoms with Crippen LogP contribution in [0.15, 0.2) is 96.5 Å². The van der Waals surface area contributed by atoms with Gasteiger partial charge in [-0.25, -0.2) is 4.98 Å². The largest absolute Gasteiger partial charge is 0.489 e. The summed E-state index contributed by atoms with van der Waals surface area (Å²) in [5.74, 6) is 0.0876. The van der Waals surface area contributed by atoms with Gasteiger partial charge in [0, 0.05) is 48.0 Å². The van der Waals surface area contributed by atoms with Crippen LogP contribution in [0.4, 0.5) is 0 Å². The number of aryl methyl sites for hydroxylation is 1. The van der Waals surface area contributed by atoms with E-state index in [1.807, 2.05) is 76.5 Å². The fourth-order valence-corrected chi connectivity index (χ4v) is 10.7. The predicted molar refractivity (Wildman–Crippen MR) is 268 cm³/mol. The van der Waals surface area contributed by atoms with E-state index in [0.717, 1.165) is 27.3 Å². The number of aliphatic hydroxyl groups excluding tert-OH is 1. The van der Waals surface area contributed by atoms with E-state index in [2.05, 4.69) is 54.7 Å². The van der Waals surface area contributed by atoms with Gasteiger partial charge in [-0.1, -0.05) is 96.5 Å². The van der Waals surface area contributed by atoms with Crippen molar-refractivity contribution in [2.24, 2.45) is 16.2 Å². The number of hydrogen-bond acceptors (Lipinski definition) is 11. The number of benzene rings is 4. The summed E-state index contributed by atoms with van der Waals surface area (Å²) in [6, 6.07) is 26.9. The number of hydrogen-bond donors (Lipinski definition) is 4. The topological polar surface area (TPSA) is 192 Å². The van der Waals surface area contributed by atoms with Crippen molar-refractivity contribution in [3.8, 4) is 33.8 Å². The van der Waals surface area contributed by atoms with Crippen molar-refractivity contribution in [2.45, 2.75) is 112 Å². The molecule has 14 nitrogen and oxygen atoms in total. The summed E-state index contributed by atoms with van der Waals surface area (Å²) >= 11 is 7.81. The molecule has 16 heteroatoms. The highest BCUT2D eigenvalue weighted by atomic mass is 35.5. The fraction of sp³-hybridized carbons (Fsp3) is 0.407. The van der Waals surface area contributed by atoms with E-state index < -0.39 is 52.4 Å². The van der Waals surface area contributed by atoms with Crippen molar-refractivity contribution < 1.29 is 38.5 Å². The highest BCUT2D eigenvalue weighted by Crippen LogP contribution is 2.55. The molecule has 0 radical (unpaired) electrons. The van der Waals surface area contributed by atoms with E-state index in [1.165, 1.54) is 4.90 Å². The third-order valence-corrected chi connectivity index (χ3v) is 14.6. The summed E-state index contributed by atoms with van der Waals surface area (Å²) in [5.41, 5.74) is 4.77. The molecule has 0 unspecified atom stereocenters. The van der Waals surface area contributed by atoms with Crippen LogP contribution < -0.4 is 25.4 Å². The number of nitrogens with one attached hydrogen (secondary N) is 3. The fourth-order valence-electron chi connectivity index (χ4n) is 9.71. The van der Waals surface area contributed by atoms with E-state index >= 15 is 0 Å². The van der Waals surface area contributed by atoms with Gasteiger partial charge in [0.2, 0.25) is 17.7 Å². The minimum absolute atomic E-state index is 0.0338. The minimum atomic E-state index is -1.00. The van der Waals surface area contributed by atoms with Gasteiger partial charge in [-0.2, -0.15) is 5.26 Å². The lowest BCUT2D eigenvalue weighted by Gasteiger charge is -2.63. The first-order valence-electron chi connectivity index (χ1n) is 23.3. The lowest BCUT2D eigenvalue weighted by molar-refractivity contribution is -0.164. The molecule has 2 heterocycles. The average molecular weight is 990 g/mol. The Hall–Kier alpha value is -6.31. The van der Waals surface area contributed by atoms with Gasteiger partial charge in [0.05, 0.1) is 38.9 Å². The summed E-state index contributed by atoms with van der Waals surface area (Å²) < 4.78 is 18.4. The second kappa shape index (κ2) is 21.0. The lowest BCUT2D eigenvalue weighted by atomic mass is 9.49. The van der Waals surface area contributed by atoms with Crippen LogP contribution in [0.3, 0.4) is 0 Å². The summed E-state index contributed by atoms with van der Waals surface area (Å²) in [6.45, 7) is 17.3. The Morgan fingerprint density at radius 2 is 1.57 bits per heavy atom. The van der Waals surface area contributed by atoms with Gasteiger partial charge in [0.1, 0.15) is 48.1 Å². The number of ether oxygens (including phenoxy) is 3. The zero-order chi connectivity index (χ0) is 50.7. The van der Waals surface area contributed by atoms with Crippen LogP contribution in [0, 0.1) is 34.5 Å². The molecule has 2 aliphatic rings. The smallest absolute Gasteiger partial charge is 0.251 e. The molecule has 7 rings (SSSR count). The Bertz CT molecular complexity index is 2730. The Balaban J connectivity index is 0.876. The molecule has 4 aromatic carbocycles. The molecule has 4 atom stereocenters. The van der Waals surface area contributed by atoms with E-state index in [0.29, 0.717) is 33.4 Å². The molecule has 0 bridgehead atoms. The number of halogens is 1. The van der Waals surface area contributed by atoms with E-state index in [-0.39, 0.29) is 50.1 Å². The number of aliphatic hydroxyl groups is 1. The van der Waals surface area contributed by atoms with Crippen LogP contribution in [0.5, 0.6) is 17.2 Å². The quantitative estimate of drug-likeness (QED) is 0.0742. The molecule has 368 valence electrons. The predicted octanol–water partition coefficient (Wildman–Crippen LogP) is 8.93. The van der Waals surface area contributed by atoms with Crippen molar-refractivity contribution in [1.29, 1.82) is 5.26 Å². The van der Waals surface area contributed by atoms with Crippen LogP contribution in [-0.2, 0) is 25.7 Å². The Morgan fingerprint density at radius 1 is 0.943 bits per heavy atom. The maximum atomic E-state index is 14.1. The zero-order valence-corrected chi connectivity index (χ0v) is 42.5. The number of rotatable bonds is 16.